The third-order valence-corrected chi connectivity index (χ3v) is 2.62. The Labute approximate surface area is 84.2 Å². The SMILES string of the molecule is CC(C)(C)N1C=CC2C(=N)NC=NC21. The number of rotatable bonds is 0. The summed E-state index contributed by atoms with van der Waals surface area (Å²) in [7, 11) is 0. The Balaban J connectivity index is 2.27. The van der Waals surface area contributed by atoms with E-state index in [1.54, 1.807) is 6.34 Å². The molecule has 2 N–H and O–H groups in total. The molecule has 0 fully saturated rings. The van der Waals surface area contributed by atoms with E-state index in [1.165, 1.54) is 0 Å². The summed E-state index contributed by atoms with van der Waals surface area (Å²) in [6.45, 7) is 6.46. The molecule has 2 heterocycles. The van der Waals surface area contributed by atoms with Gasteiger partial charge in [0.25, 0.3) is 0 Å². The van der Waals surface area contributed by atoms with Crippen LogP contribution in [0.5, 0.6) is 0 Å². The summed E-state index contributed by atoms with van der Waals surface area (Å²) >= 11 is 0. The summed E-state index contributed by atoms with van der Waals surface area (Å²) in [5.41, 5.74) is 0.0604. The van der Waals surface area contributed by atoms with Gasteiger partial charge in [0.1, 0.15) is 12.0 Å². The van der Waals surface area contributed by atoms with Gasteiger partial charge in [0.2, 0.25) is 0 Å². The summed E-state index contributed by atoms with van der Waals surface area (Å²) in [6, 6.07) is 0. The monoisotopic (exact) mass is 192 g/mol. The van der Waals surface area contributed by atoms with Gasteiger partial charge in [0, 0.05) is 5.54 Å². The van der Waals surface area contributed by atoms with Crippen LogP contribution in [0, 0.1) is 11.3 Å². The topological polar surface area (TPSA) is 51.5 Å². The second-order valence-electron chi connectivity index (χ2n) is 4.70. The lowest BCUT2D eigenvalue weighted by Gasteiger charge is -2.38. The summed E-state index contributed by atoms with van der Waals surface area (Å²) in [5.74, 6) is 0.632. The van der Waals surface area contributed by atoms with E-state index in [1.807, 2.05) is 12.3 Å². The lowest BCUT2D eigenvalue weighted by atomic mass is 10.0. The smallest absolute Gasteiger partial charge is 0.136 e. The molecule has 14 heavy (non-hydrogen) atoms. The third kappa shape index (κ3) is 1.31. The molecule has 2 rings (SSSR count). The number of amidine groups is 1. The van der Waals surface area contributed by atoms with E-state index in [9.17, 15) is 0 Å². The molecule has 0 aromatic rings. The van der Waals surface area contributed by atoms with Gasteiger partial charge >= 0.3 is 0 Å². The predicted molar refractivity (Wildman–Crippen MR) is 57.4 cm³/mol. The van der Waals surface area contributed by atoms with E-state index in [-0.39, 0.29) is 17.6 Å². The van der Waals surface area contributed by atoms with Crippen LogP contribution >= 0.6 is 0 Å². The number of hydrogen-bond donors (Lipinski definition) is 2. The summed E-state index contributed by atoms with van der Waals surface area (Å²) in [6.07, 6.45) is 5.79. The molecule has 2 aliphatic heterocycles. The molecule has 0 aliphatic carbocycles. The Morgan fingerprint density at radius 2 is 2.21 bits per heavy atom. The van der Waals surface area contributed by atoms with Gasteiger partial charge in [-0.25, -0.2) is 4.99 Å². The van der Waals surface area contributed by atoms with Crippen molar-refractivity contribution in [2.45, 2.75) is 32.5 Å². The zero-order valence-electron chi connectivity index (χ0n) is 8.78. The maximum atomic E-state index is 7.73. The first kappa shape index (κ1) is 9.24. The van der Waals surface area contributed by atoms with Gasteiger partial charge in [-0.2, -0.15) is 0 Å². The van der Waals surface area contributed by atoms with Crippen molar-refractivity contribution in [2.75, 3.05) is 0 Å². The van der Waals surface area contributed by atoms with Crippen LogP contribution in [-0.2, 0) is 0 Å². The Bertz CT molecular complexity index is 311. The van der Waals surface area contributed by atoms with Crippen LogP contribution in [-0.4, -0.2) is 28.8 Å². The Kier molecular flexibility index (Phi) is 1.87. The van der Waals surface area contributed by atoms with E-state index in [0.717, 1.165) is 0 Å². The molecule has 0 radical (unpaired) electrons. The van der Waals surface area contributed by atoms with Crippen LogP contribution in [0.25, 0.3) is 0 Å². The van der Waals surface area contributed by atoms with Gasteiger partial charge < -0.3 is 10.2 Å². The van der Waals surface area contributed by atoms with Crippen molar-refractivity contribution in [2.24, 2.45) is 10.9 Å². The molecule has 2 atom stereocenters. The lowest BCUT2D eigenvalue weighted by molar-refractivity contribution is 0.153. The minimum Gasteiger partial charge on any atom is -0.351 e. The van der Waals surface area contributed by atoms with Crippen molar-refractivity contribution in [3.05, 3.63) is 12.3 Å². The zero-order chi connectivity index (χ0) is 10.3. The highest BCUT2D eigenvalue weighted by atomic mass is 15.3. The standard InChI is InChI=1S/C10H16N4/c1-10(2,3)14-5-4-7-8(11)12-6-13-9(7)14/h4-7,9H,1-3H3,(H2,11,12,13). The minimum atomic E-state index is 0.0604. The van der Waals surface area contributed by atoms with E-state index < -0.39 is 0 Å². The first-order valence-corrected chi connectivity index (χ1v) is 4.83. The molecule has 0 bridgehead atoms. The number of nitrogens with zero attached hydrogens (tertiary/aromatic N) is 2. The molecule has 2 unspecified atom stereocenters. The molecule has 0 aromatic heterocycles. The molecule has 76 valence electrons. The molecule has 4 nitrogen and oxygen atoms in total. The van der Waals surface area contributed by atoms with Gasteiger partial charge in [0.05, 0.1) is 12.3 Å². The lowest BCUT2D eigenvalue weighted by Crippen LogP contribution is -2.49. The molecule has 2 aliphatic rings. The molecule has 0 spiro atoms. The maximum Gasteiger partial charge on any atom is 0.136 e. The molecule has 0 amide bonds. The number of nitrogens with one attached hydrogen (secondary N) is 2. The highest BCUT2D eigenvalue weighted by Crippen LogP contribution is 2.30. The fourth-order valence-electron chi connectivity index (χ4n) is 1.86. The minimum absolute atomic E-state index is 0.0604. The van der Waals surface area contributed by atoms with Crippen molar-refractivity contribution in [3.63, 3.8) is 0 Å². The quantitative estimate of drug-likeness (QED) is 0.605. The molecule has 4 heteroatoms. The Morgan fingerprint density at radius 1 is 1.50 bits per heavy atom. The van der Waals surface area contributed by atoms with Gasteiger partial charge in [0.15, 0.2) is 0 Å². The normalized spacial score (nSPS) is 30.5. The van der Waals surface area contributed by atoms with Gasteiger partial charge in [-0.1, -0.05) is 6.08 Å². The summed E-state index contributed by atoms with van der Waals surface area (Å²) < 4.78 is 0. The van der Waals surface area contributed by atoms with E-state index >= 15 is 0 Å². The Hall–Kier alpha value is -1.32. The molecular formula is C10H16N4. The van der Waals surface area contributed by atoms with Crippen LogP contribution in [0.3, 0.4) is 0 Å². The third-order valence-electron chi connectivity index (χ3n) is 2.62. The maximum absolute atomic E-state index is 7.73. The summed E-state index contributed by atoms with van der Waals surface area (Å²) in [4.78, 5) is 6.57. The second kappa shape index (κ2) is 2.83. The average molecular weight is 192 g/mol. The number of fused-ring (bicyclic) bond motifs is 1. The highest BCUT2D eigenvalue weighted by molar-refractivity contribution is 5.95. The van der Waals surface area contributed by atoms with Crippen LogP contribution in [0.1, 0.15) is 20.8 Å². The largest absolute Gasteiger partial charge is 0.351 e. The average Bonchev–Trinajstić information content (AvgIpc) is 2.47. The first-order chi connectivity index (χ1) is 6.50. The van der Waals surface area contributed by atoms with Crippen molar-refractivity contribution < 1.29 is 0 Å². The van der Waals surface area contributed by atoms with Crippen LogP contribution in [0.4, 0.5) is 0 Å². The van der Waals surface area contributed by atoms with Crippen LogP contribution < -0.4 is 5.32 Å². The van der Waals surface area contributed by atoms with Crippen molar-refractivity contribution >= 4 is 12.2 Å². The molecule has 0 saturated carbocycles. The van der Waals surface area contributed by atoms with Gasteiger partial charge in [-0.15, -0.1) is 0 Å². The van der Waals surface area contributed by atoms with Crippen molar-refractivity contribution in [3.8, 4) is 0 Å². The van der Waals surface area contributed by atoms with E-state index in [2.05, 4.69) is 36.0 Å². The molecule has 0 saturated heterocycles. The van der Waals surface area contributed by atoms with Gasteiger partial charge in [-0.05, 0) is 27.0 Å². The Morgan fingerprint density at radius 3 is 2.86 bits per heavy atom. The van der Waals surface area contributed by atoms with Crippen molar-refractivity contribution in [1.29, 1.82) is 5.41 Å². The van der Waals surface area contributed by atoms with Crippen LogP contribution in [0.2, 0.25) is 0 Å². The van der Waals surface area contributed by atoms with Crippen molar-refractivity contribution in [1.82, 2.24) is 10.2 Å². The molecule has 0 aromatic carbocycles. The fourth-order valence-corrected chi connectivity index (χ4v) is 1.86. The predicted octanol–water partition coefficient (Wildman–Crippen LogP) is 1.17. The van der Waals surface area contributed by atoms with E-state index in [4.69, 9.17) is 5.41 Å². The fraction of sp³-hybridized carbons (Fsp3) is 0.600. The summed E-state index contributed by atoms with van der Waals surface area (Å²) in [5, 5.41) is 10.6. The highest BCUT2D eigenvalue weighted by Gasteiger charge is 2.38. The zero-order valence-corrected chi connectivity index (χ0v) is 8.78. The second-order valence-corrected chi connectivity index (χ2v) is 4.70. The first-order valence-electron chi connectivity index (χ1n) is 4.83. The molecular weight excluding hydrogens is 176 g/mol. The number of aliphatic imine (C=N–C) groups is 1. The number of hydrogen-bond acceptors (Lipinski definition) is 3. The van der Waals surface area contributed by atoms with E-state index in [0.29, 0.717) is 5.84 Å². The van der Waals surface area contributed by atoms with Gasteiger partial charge in [-0.3, -0.25) is 5.41 Å². The van der Waals surface area contributed by atoms with Crippen LogP contribution in [0.15, 0.2) is 17.3 Å².